The van der Waals surface area contributed by atoms with Gasteiger partial charge in [-0.15, -0.1) is 0 Å². The SMILES string of the molecule is CC(=O)c1cccc(N(CC(=O)N(Cc2ccc(Cl)cc2)[C@H](C)C(=O)NCC(C)C)S(C)(=O)=O)c1. The van der Waals surface area contributed by atoms with Crippen LogP contribution >= 0.6 is 11.6 Å². The molecule has 35 heavy (non-hydrogen) atoms. The van der Waals surface area contributed by atoms with E-state index in [1.54, 1.807) is 43.3 Å². The van der Waals surface area contributed by atoms with E-state index in [1.165, 1.54) is 24.0 Å². The molecule has 0 radical (unpaired) electrons. The minimum atomic E-state index is -3.88. The molecule has 0 saturated carbocycles. The Balaban J connectivity index is 2.39. The second kappa shape index (κ2) is 12.2. The van der Waals surface area contributed by atoms with E-state index in [0.29, 0.717) is 17.1 Å². The molecule has 0 aromatic heterocycles. The van der Waals surface area contributed by atoms with E-state index in [-0.39, 0.29) is 29.8 Å². The molecule has 1 N–H and O–H groups in total. The van der Waals surface area contributed by atoms with Crippen molar-refractivity contribution in [1.82, 2.24) is 10.2 Å². The fourth-order valence-electron chi connectivity index (χ4n) is 3.32. The predicted octanol–water partition coefficient (Wildman–Crippen LogP) is 3.50. The van der Waals surface area contributed by atoms with E-state index >= 15 is 0 Å². The van der Waals surface area contributed by atoms with Crippen LogP contribution in [0.1, 0.15) is 43.6 Å². The van der Waals surface area contributed by atoms with Crippen molar-refractivity contribution in [2.45, 2.75) is 40.3 Å². The number of nitrogens with zero attached hydrogens (tertiary/aromatic N) is 2. The van der Waals surface area contributed by atoms with E-state index in [1.807, 2.05) is 13.8 Å². The summed E-state index contributed by atoms with van der Waals surface area (Å²) in [5.74, 6) is -0.913. The minimum absolute atomic E-state index is 0.0807. The van der Waals surface area contributed by atoms with Gasteiger partial charge < -0.3 is 10.2 Å². The number of hydrogen-bond acceptors (Lipinski definition) is 5. The van der Waals surface area contributed by atoms with E-state index < -0.39 is 28.5 Å². The summed E-state index contributed by atoms with van der Waals surface area (Å²) in [4.78, 5) is 39.5. The van der Waals surface area contributed by atoms with Crippen LogP contribution < -0.4 is 9.62 Å². The zero-order valence-corrected chi connectivity index (χ0v) is 22.2. The van der Waals surface area contributed by atoms with Gasteiger partial charge in [0.2, 0.25) is 21.8 Å². The van der Waals surface area contributed by atoms with Gasteiger partial charge in [-0.05, 0) is 49.6 Å². The Labute approximate surface area is 212 Å². The molecule has 0 aliphatic carbocycles. The smallest absolute Gasteiger partial charge is 0.244 e. The van der Waals surface area contributed by atoms with Crippen molar-refractivity contribution in [3.8, 4) is 0 Å². The normalized spacial score (nSPS) is 12.2. The lowest BCUT2D eigenvalue weighted by Crippen LogP contribution is -2.51. The van der Waals surface area contributed by atoms with Gasteiger partial charge >= 0.3 is 0 Å². The van der Waals surface area contributed by atoms with Crippen LogP contribution in [0.25, 0.3) is 0 Å². The maximum absolute atomic E-state index is 13.5. The van der Waals surface area contributed by atoms with Gasteiger partial charge in [0.15, 0.2) is 5.78 Å². The summed E-state index contributed by atoms with van der Waals surface area (Å²) >= 11 is 5.97. The number of ketones is 1. The van der Waals surface area contributed by atoms with Gasteiger partial charge in [-0.1, -0.05) is 49.7 Å². The molecule has 0 bridgehead atoms. The zero-order valence-electron chi connectivity index (χ0n) is 20.6. The fourth-order valence-corrected chi connectivity index (χ4v) is 4.28. The van der Waals surface area contributed by atoms with Crippen LogP contribution in [0.5, 0.6) is 0 Å². The number of rotatable bonds is 11. The van der Waals surface area contributed by atoms with Crippen molar-refractivity contribution >= 4 is 44.9 Å². The molecule has 0 unspecified atom stereocenters. The van der Waals surface area contributed by atoms with Gasteiger partial charge in [0, 0.05) is 23.7 Å². The van der Waals surface area contributed by atoms with Gasteiger partial charge in [-0.25, -0.2) is 8.42 Å². The highest BCUT2D eigenvalue weighted by Crippen LogP contribution is 2.21. The van der Waals surface area contributed by atoms with E-state index in [4.69, 9.17) is 11.6 Å². The zero-order chi connectivity index (χ0) is 26.3. The molecular formula is C25H32ClN3O5S. The monoisotopic (exact) mass is 521 g/mol. The second-order valence-corrected chi connectivity index (χ2v) is 11.2. The average Bonchev–Trinajstić information content (AvgIpc) is 2.79. The van der Waals surface area contributed by atoms with Crippen molar-refractivity contribution in [2.24, 2.45) is 5.92 Å². The maximum Gasteiger partial charge on any atom is 0.244 e. The molecule has 0 fully saturated rings. The lowest BCUT2D eigenvalue weighted by molar-refractivity contribution is -0.139. The first-order valence-corrected chi connectivity index (χ1v) is 13.4. The number of hydrogen-bond donors (Lipinski definition) is 1. The number of amides is 2. The molecule has 0 heterocycles. The number of benzene rings is 2. The highest BCUT2D eigenvalue weighted by atomic mass is 35.5. The van der Waals surface area contributed by atoms with Crippen LogP contribution in [-0.4, -0.2) is 56.3 Å². The number of anilines is 1. The fraction of sp³-hybridized carbons (Fsp3) is 0.400. The summed E-state index contributed by atoms with van der Waals surface area (Å²) in [6.07, 6.45) is 0.989. The van der Waals surface area contributed by atoms with Crippen LogP contribution in [-0.2, 0) is 26.2 Å². The first-order chi connectivity index (χ1) is 16.3. The van der Waals surface area contributed by atoms with Crippen LogP contribution in [0.2, 0.25) is 5.02 Å². The van der Waals surface area contributed by atoms with Gasteiger partial charge in [-0.2, -0.15) is 0 Å². The first-order valence-electron chi connectivity index (χ1n) is 11.2. The molecule has 10 heteroatoms. The lowest BCUT2D eigenvalue weighted by atomic mass is 10.1. The molecule has 8 nitrogen and oxygen atoms in total. The molecule has 2 aromatic rings. The second-order valence-electron chi connectivity index (χ2n) is 8.84. The van der Waals surface area contributed by atoms with Gasteiger partial charge in [0.1, 0.15) is 12.6 Å². The number of Topliss-reactive ketones (excluding diaryl/α,β-unsaturated/α-hetero) is 1. The molecule has 0 spiro atoms. The van der Waals surface area contributed by atoms with Crippen molar-refractivity contribution < 1.29 is 22.8 Å². The Bertz CT molecular complexity index is 1170. The quantitative estimate of drug-likeness (QED) is 0.456. The van der Waals surface area contributed by atoms with Crippen LogP contribution in [0, 0.1) is 5.92 Å². The van der Waals surface area contributed by atoms with Gasteiger partial charge in [0.25, 0.3) is 0 Å². The molecule has 0 saturated heterocycles. The Hall–Kier alpha value is -2.91. The van der Waals surface area contributed by atoms with E-state index in [2.05, 4.69) is 5.32 Å². The van der Waals surface area contributed by atoms with Crippen molar-refractivity contribution in [2.75, 3.05) is 23.7 Å². The number of sulfonamides is 1. The Morgan fingerprint density at radius 3 is 2.20 bits per heavy atom. The highest BCUT2D eigenvalue weighted by molar-refractivity contribution is 7.92. The summed E-state index contributed by atoms with van der Waals surface area (Å²) in [5.41, 5.74) is 1.25. The maximum atomic E-state index is 13.5. The number of carbonyl (C=O) groups excluding carboxylic acids is 3. The molecule has 0 aliphatic heterocycles. The third-order valence-corrected chi connectivity index (χ3v) is 6.73. The standard InChI is InChI=1S/C25H32ClN3O5S/c1-17(2)14-27-25(32)18(3)28(15-20-9-11-22(26)12-10-20)24(31)16-29(35(5,33)34)23-8-6-7-21(13-23)19(4)30/h6-13,17-18H,14-16H2,1-5H3,(H,27,32)/t18-/m1/s1. The predicted molar refractivity (Wildman–Crippen MR) is 138 cm³/mol. The molecular weight excluding hydrogens is 490 g/mol. The van der Waals surface area contributed by atoms with Crippen molar-refractivity contribution in [3.05, 3.63) is 64.7 Å². The van der Waals surface area contributed by atoms with Gasteiger partial charge in [0.05, 0.1) is 11.9 Å². The third-order valence-electron chi connectivity index (χ3n) is 5.34. The summed E-state index contributed by atoms with van der Waals surface area (Å²) in [6, 6.07) is 12.1. The molecule has 0 aliphatic rings. The number of carbonyl (C=O) groups is 3. The average molecular weight is 522 g/mol. The molecule has 1 atom stereocenters. The van der Waals surface area contributed by atoms with E-state index in [0.717, 1.165) is 16.1 Å². The Kier molecular flexibility index (Phi) is 9.85. The topological polar surface area (TPSA) is 104 Å². The van der Waals surface area contributed by atoms with Crippen LogP contribution in [0.4, 0.5) is 5.69 Å². The summed E-state index contributed by atoms with van der Waals surface area (Å²) in [7, 11) is -3.88. The largest absolute Gasteiger partial charge is 0.354 e. The van der Waals surface area contributed by atoms with Crippen molar-refractivity contribution in [1.29, 1.82) is 0 Å². The highest BCUT2D eigenvalue weighted by Gasteiger charge is 2.30. The summed E-state index contributed by atoms with van der Waals surface area (Å²) in [5, 5.41) is 3.35. The summed E-state index contributed by atoms with van der Waals surface area (Å²) < 4.78 is 26.2. The number of nitrogens with one attached hydrogen (secondary N) is 1. The van der Waals surface area contributed by atoms with E-state index in [9.17, 15) is 22.8 Å². The summed E-state index contributed by atoms with van der Waals surface area (Å²) in [6.45, 7) is 6.89. The number of halogens is 1. The Morgan fingerprint density at radius 1 is 1.03 bits per heavy atom. The van der Waals surface area contributed by atoms with Crippen molar-refractivity contribution in [3.63, 3.8) is 0 Å². The van der Waals surface area contributed by atoms with Crippen LogP contribution in [0.15, 0.2) is 48.5 Å². The van der Waals surface area contributed by atoms with Gasteiger partial charge in [-0.3, -0.25) is 18.7 Å². The molecule has 2 amide bonds. The Morgan fingerprint density at radius 2 is 1.66 bits per heavy atom. The minimum Gasteiger partial charge on any atom is -0.354 e. The van der Waals surface area contributed by atoms with Crippen LogP contribution in [0.3, 0.4) is 0 Å². The molecule has 2 rings (SSSR count). The molecule has 190 valence electrons. The lowest BCUT2D eigenvalue weighted by Gasteiger charge is -2.31. The first kappa shape index (κ1) is 28.3. The molecule has 2 aromatic carbocycles. The third kappa shape index (κ3) is 8.36.